The first-order chi connectivity index (χ1) is 10.5. The van der Waals surface area contributed by atoms with Gasteiger partial charge in [-0.25, -0.2) is 9.18 Å². The molecule has 0 radical (unpaired) electrons. The first kappa shape index (κ1) is 16.5. The van der Waals surface area contributed by atoms with Gasteiger partial charge in [0, 0.05) is 6.54 Å². The normalized spacial score (nSPS) is 25.0. The lowest BCUT2D eigenvalue weighted by Gasteiger charge is -2.40. The minimum atomic E-state index is -1.34. The number of hydrogen-bond acceptors (Lipinski definition) is 2. The van der Waals surface area contributed by atoms with Crippen LogP contribution in [-0.4, -0.2) is 47.6 Å². The Kier molecular flexibility index (Phi) is 5.55. The van der Waals surface area contributed by atoms with Crippen LogP contribution in [-0.2, 0) is 11.2 Å². The molecule has 1 aliphatic rings. The topological polar surface area (TPSA) is 49.8 Å². The zero-order valence-electron chi connectivity index (χ0n) is 12.7. The summed E-state index contributed by atoms with van der Waals surface area (Å²) >= 11 is 0. The van der Waals surface area contributed by atoms with E-state index in [1.165, 1.54) is 4.90 Å². The molecule has 4 nitrogen and oxygen atoms in total. The van der Waals surface area contributed by atoms with E-state index in [1.807, 2.05) is 37.3 Å². The highest BCUT2D eigenvalue weighted by molar-refractivity contribution is 5.65. The van der Waals surface area contributed by atoms with Gasteiger partial charge in [0.25, 0.3) is 0 Å². The number of carboxylic acid groups (broad SMARTS) is 1. The van der Waals surface area contributed by atoms with Gasteiger partial charge < -0.3 is 14.7 Å². The van der Waals surface area contributed by atoms with E-state index in [0.29, 0.717) is 19.4 Å². The van der Waals surface area contributed by atoms with Crippen LogP contribution in [0.15, 0.2) is 42.5 Å². The van der Waals surface area contributed by atoms with Crippen molar-refractivity contribution in [3.8, 4) is 0 Å². The average Bonchev–Trinajstić information content (AvgIpc) is 2.48. The number of amides is 1. The van der Waals surface area contributed by atoms with Crippen molar-refractivity contribution in [2.45, 2.75) is 38.1 Å². The summed E-state index contributed by atoms with van der Waals surface area (Å²) in [5.41, 5.74) is 1.74. The zero-order valence-corrected chi connectivity index (χ0v) is 12.7. The fourth-order valence-corrected chi connectivity index (χ4v) is 2.75. The molecule has 3 atom stereocenters. The molecule has 1 N–H and O–H groups in total. The molecule has 1 aromatic rings. The van der Waals surface area contributed by atoms with Crippen molar-refractivity contribution in [1.82, 2.24) is 4.90 Å². The second-order valence-corrected chi connectivity index (χ2v) is 5.77. The summed E-state index contributed by atoms with van der Waals surface area (Å²) in [5, 5.41) is 9.31. The van der Waals surface area contributed by atoms with Gasteiger partial charge in [-0.15, -0.1) is 0 Å². The Morgan fingerprint density at radius 2 is 2.14 bits per heavy atom. The number of likely N-dealkylation sites (tertiary alicyclic amines) is 1. The molecule has 1 fully saturated rings. The second-order valence-electron chi connectivity index (χ2n) is 5.77. The third-order valence-electron chi connectivity index (χ3n) is 3.85. The van der Waals surface area contributed by atoms with Gasteiger partial charge in [-0.3, -0.25) is 0 Å². The van der Waals surface area contributed by atoms with E-state index in [-0.39, 0.29) is 6.54 Å². The molecule has 22 heavy (non-hydrogen) atoms. The van der Waals surface area contributed by atoms with Crippen LogP contribution in [0.2, 0.25) is 0 Å². The highest BCUT2D eigenvalue weighted by Crippen LogP contribution is 2.26. The van der Waals surface area contributed by atoms with Gasteiger partial charge in [-0.1, -0.05) is 42.5 Å². The van der Waals surface area contributed by atoms with Crippen molar-refractivity contribution < 1.29 is 19.0 Å². The third-order valence-corrected chi connectivity index (χ3v) is 3.85. The maximum atomic E-state index is 14.8. The molecule has 5 heteroatoms. The summed E-state index contributed by atoms with van der Waals surface area (Å²) in [7, 11) is 0. The molecule has 0 spiro atoms. The predicted molar refractivity (Wildman–Crippen MR) is 82.7 cm³/mol. The van der Waals surface area contributed by atoms with Crippen LogP contribution < -0.4 is 0 Å². The number of benzene rings is 1. The highest BCUT2D eigenvalue weighted by atomic mass is 19.1. The van der Waals surface area contributed by atoms with Gasteiger partial charge >= 0.3 is 6.09 Å². The number of carbonyl (C=O) groups is 1. The van der Waals surface area contributed by atoms with Crippen molar-refractivity contribution in [2.75, 3.05) is 13.2 Å². The molecule has 1 heterocycles. The standard InChI is InChI=1S/C17H22FNO3/c1-12(2)11-22-15-8-9-19(17(20)21)14(16(15)18)10-13-6-4-3-5-7-13/h3-7,14-16H,1,8-11H2,2H3,(H,20,21)/t14?,15-,16-/m0/s1. The molecule has 1 amide bonds. The molecule has 0 aromatic heterocycles. The van der Waals surface area contributed by atoms with Crippen LogP contribution in [0.3, 0.4) is 0 Å². The Bertz CT molecular complexity index is 520. The molecule has 0 saturated carbocycles. The van der Waals surface area contributed by atoms with Crippen LogP contribution >= 0.6 is 0 Å². The number of hydrogen-bond donors (Lipinski definition) is 1. The van der Waals surface area contributed by atoms with Gasteiger partial charge in [0.05, 0.1) is 18.8 Å². The van der Waals surface area contributed by atoms with Crippen molar-refractivity contribution in [3.05, 3.63) is 48.0 Å². The first-order valence-electron chi connectivity index (χ1n) is 7.42. The van der Waals surface area contributed by atoms with E-state index in [1.54, 1.807) is 0 Å². The Balaban J connectivity index is 2.11. The lowest BCUT2D eigenvalue weighted by molar-refractivity contribution is -0.0603. The van der Waals surface area contributed by atoms with E-state index in [2.05, 4.69) is 6.58 Å². The minimum absolute atomic E-state index is 0.286. The molecule has 1 saturated heterocycles. The monoisotopic (exact) mass is 307 g/mol. The van der Waals surface area contributed by atoms with E-state index in [0.717, 1.165) is 11.1 Å². The molecule has 0 aliphatic carbocycles. The Morgan fingerprint density at radius 3 is 2.73 bits per heavy atom. The lowest BCUT2D eigenvalue weighted by Crippen LogP contribution is -2.56. The number of nitrogens with zero attached hydrogens (tertiary/aromatic N) is 1. The third kappa shape index (κ3) is 4.07. The summed E-state index contributed by atoms with van der Waals surface area (Å²) < 4.78 is 20.4. The zero-order chi connectivity index (χ0) is 16.1. The summed E-state index contributed by atoms with van der Waals surface area (Å²) in [4.78, 5) is 12.6. The highest BCUT2D eigenvalue weighted by Gasteiger charge is 2.41. The van der Waals surface area contributed by atoms with Gasteiger partial charge in [0.2, 0.25) is 0 Å². The van der Waals surface area contributed by atoms with Crippen LogP contribution in [0.4, 0.5) is 9.18 Å². The van der Waals surface area contributed by atoms with E-state index in [9.17, 15) is 14.3 Å². The van der Waals surface area contributed by atoms with Gasteiger partial charge in [-0.05, 0) is 25.3 Å². The van der Waals surface area contributed by atoms with E-state index in [4.69, 9.17) is 4.74 Å². The second kappa shape index (κ2) is 7.40. The van der Waals surface area contributed by atoms with Crippen LogP contribution in [0.1, 0.15) is 18.9 Å². The molecule has 0 bridgehead atoms. The predicted octanol–water partition coefficient (Wildman–Crippen LogP) is 3.28. The van der Waals surface area contributed by atoms with Gasteiger partial charge in [0.15, 0.2) is 0 Å². The lowest BCUT2D eigenvalue weighted by atomic mass is 9.92. The summed E-state index contributed by atoms with van der Waals surface area (Å²) in [6, 6.07) is 8.65. The Hall–Kier alpha value is -1.88. The summed E-state index contributed by atoms with van der Waals surface area (Å²) in [6.07, 6.45) is -2.29. The fraction of sp³-hybridized carbons (Fsp3) is 0.471. The molecular formula is C17H22FNO3. The van der Waals surface area contributed by atoms with Crippen molar-refractivity contribution >= 4 is 6.09 Å². The molecule has 1 aliphatic heterocycles. The summed E-state index contributed by atoms with van der Waals surface area (Å²) in [6.45, 7) is 6.15. The average molecular weight is 307 g/mol. The quantitative estimate of drug-likeness (QED) is 0.849. The SMILES string of the molecule is C=C(C)CO[C@H]1CCN(C(=O)O)C(Cc2ccccc2)[C@@H]1F. The van der Waals surface area contributed by atoms with E-state index >= 15 is 0 Å². The van der Waals surface area contributed by atoms with Crippen LogP contribution in [0, 0.1) is 0 Å². The van der Waals surface area contributed by atoms with Gasteiger partial charge in [-0.2, -0.15) is 0 Å². The Morgan fingerprint density at radius 1 is 1.45 bits per heavy atom. The smallest absolute Gasteiger partial charge is 0.407 e. The fourth-order valence-electron chi connectivity index (χ4n) is 2.75. The van der Waals surface area contributed by atoms with Crippen LogP contribution in [0.25, 0.3) is 0 Å². The number of ether oxygens (including phenoxy) is 1. The van der Waals surface area contributed by atoms with E-state index < -0.39 is 24.4 Å². The van der Waals surface area contributed by atoms with Crippen molar-refractivity contribution in [3.63, 3.8) is 0 Å². The van der Waals surface area contributed by atoms with Crippen LogP contribution in [0.5, 0.6) is 0 Å². The molecule has 120 valence electrons. The first-order valence-corrected chi connectivity index (χ1v) is 7.42. The number of piperidine rings is 1. The number of rotatable bonds is 5. The van der Waals surface area contributed by atoms with Gasteiger partial charge in [0.1, 0.15) is 6.17 Å². The molecule has 2 rings (SSSR count). The number of halogens is 1. The Labute approximate surface area is 130 Å². The number of alkyl halides is 1. The largest absolute Gasteiger partial charge is 0.465 e. The molecule has 1 unspecified atom stereocenters. The summed E-state index contributed by atoms with van der Waals surface area (Å²) in [5.74, 6) is 0. The molecule has 1 aromatic carbocycles. The maximum Gasteiger partial charge on any atom is 0.407 e. The van der Waals surface area contributed by atoms with Crippen molar-refractivity contribution in [1.29, 1.82) is 0 Å². The maximum absolute atomic E-state index is 14.8. The molecular weight excluding hydrogens is 285 g/mol. The van der Waals surface area contributed by atoms with Crippen molar-refractivity contribution in [2.24, 2.45) is 0 Å². The minimum Gasteiger partial charge on any atom is -0.465 e.